The summed E-state index contributed by atoms with van der Waals surface area (Å²) in [6, 6.07) is 18.3. The number of carbonyl (C=O) groups is 2. The second kappa shape index (κ2) is 10.7. The number of nitrogens with one attached hydrogen (secondary N) is 2. The monoisotopic (exact) mass is 494 g/mol. The van der Waals surface area contributed by atoms with Crippen LogP contribution in [0.3, 0.4) is 0 Å². The molecule has 0 fully saturated rings. The summed E-state index contributed by atoms with van der Waals surface area (Å²) in [7, 11) is 3.18. The third kappa shape index (κ3) is 5.38. The number of carbonyl (C=O) groups excluding carboxylic acids is 2. The number of ether oxygens (including phenoxy) is 2. The van der Waals surface area contributed by atoms with Crippen LogP contribution in [-0.4, -0.2) is 32.6 Å². The van der Waals surface area contributed by atoms with E-state index in [2.05, 4.69) is 10.6 Å². The van der Waals surface area contributed by atoms with Gasteiger partial charge >= 0.3 is 0 Å². The largest absolute Gasteiger partial charge is 0.493 e. The fourth-order valence-corrected chi connectivity index (χ4v) is 4.61. The lowest BCUT2D eigenvalue weighted by Gasteiger charge is -2.19. The van der Waals surface area contributed by atoms with E-state index in [0.717, 1.165) is 16.0 Å². The number of methoxy groups -OCH3 is 2. The highest BCUT2D eigenvalue weighted by molar-refractivity contribution is 8.04. The number of hydrogen-bond acceptors (Lipinski definition) is 5. The molecule has 0 aromatic heterocycles. The van der Waals surface area contributed by atoms with Gasteiger partial charge in [0.2, 0.25) is 0 Å². The fraction of sp³-hybridized carbons (Fsp3) is 0.154. The highest BCUT2D eigenvalue weighted by atomic mass is 35.5. The van der Waals surface area contributed by atoms with Gasteiger partial charge in [-0.15, -0.1) is 0 Å². The first-order valence-electron chi connectivity index (χ1n) is 10.6. The number of anilines is 1. The Bertz CT molecular complexity index is 1280. The van der Waals surface area contributed by atoms with E-state index >= 15 is 0 Å². The van der Waals surface area contributed by atoms with Gasteiger partial charge in [0.05, 0.1) is 24.8 Å². The maximum absolute atomic E-state index is 12.7. The molecule has 0 radical (unpaired) electrons. The van der Waals surface area contributed by atoms with Crippen molar-refractivity contribution >= 4 is 46.9 Å². The van der Waals surface area contributed by atoms with Crippen molar-refractivity contribution in [3.63, 3.8) is 0 Å². The molecule has 0 aliphatic carbocycles. The Hall–Kier alpha value is -3.42. The minimum atomic E-state index is -0.233. The number of rotatable bonds is 7. The molecule has 2 amide bonds. The number of amides is 2. The average Bonchev–Trinajstić information content (AvgIpc) is 2.85. The molecule has 6 nitrogen and oxygen atoms in total. The molecule has 8 heteroatoms. The summed E-state index contributed by atoms with van der Waals surface area (Å²) in [5, 5.41) is 6.37. The van der Waals surface area contributed by atoms with Crippen LogP contribution in [0.2, 0.25) is 5.02 Å². The summed E-state index contributed by atoms with van der Waals surface area (Å²) in [5.41, 5.74) is 2.88. The highest BCUT2D eigenvalue weighted by Crippen LogP contribution is 2.39. The minimum absolute atomic E-state index is 0.208. The minimum Gasteiger partial charge on any atom is -0.493 e. The van der Waals surface area contributed by atoms with Crippen molar-refractivity contribution in [1.29, 1.82) is 0 Å². The van der Waals surface area contributed by atoms with Gasteiger partial charge in [-0.25, -0.2) is 0 Å². The van der Waals surface area contributed by atoms with Gasteiger partial charge in [0.15, 0.2) is 11.5 Å². The van der Waals surface area contributed by atoms with Crippen molar-refractivity contribution in [1.82, 2.24) is 5.32 Å². The van der Waals surface area contributed by atoms with Crippen molar-refractivity contribution in [2.75, 3.05) is 26.1 Å². The normalized spacial score (nSPS) is 13.7. The van der Waals surface area contributed by atoms with Crippen LogP contribution in [0.1, 0.15) is 21.5 Å². The molecule has 34 heavy (non-hydrogen) atoms. The number of hydrogen-bond donors (Lipinski definition) is 2. The summed E-state index contributed by atoms with van der Waals surface area (Å²) in [4.78, 5) is 26.7. The van der Waals surface area contributed by atoms with E-state index in [1.54, 1.807) is 38.5 Å². The van der Waals surface area contributed by atoms with Gasteiger partial charge < -0.3 is 20.1 Å². The molecule has 1 aliphatic heterocycles. The van der Waals surface area contributed by atoms with E-state index in [0.29, 0.717) is 45.6 Å². The van der Waals surface area contributed by atoms with Crippen LogP contribution in [0.5, 0.6) is 11.5 Å². The van der Waals surface area contributed by atoms with Crippen molar-refractivity contribution in [2.24, 2.45) is 0 Å². The van der Waals surface area contributed by atoms with Gasteiger partial charge in [0.1, 0.15) is 0 Å². The SMILES string of the molecule is COc1ccc(CCNC(=O)c2ccc3c(c2)NC(=O)/C(=C\c2ccccc2Cl)S3)cc1OC. The first kappa shape index (κ1) is 23.7. The second-order valence-electron chi connectivity index (χ2n) is 7.49. The third-order valence-electron chi connectivity index (χ3n) is 5.27. The molecule has 4 rings (SSSR count). The molecule has 1 aliphatic rings. The Morgan fingerprint density at radius 3 is 2.62 bits per heavy atom. The molecule has 3 aromatic rings. The van der Waals surface area contributed by atoms with Gasteiger partial charge in [0.25, 0.3) is 11.8 Å². The second-order valence-corrected chi connectivity index (χ2v) is 8.98. The van der Waals surface area contributed by atoms with Gasteiger partial charge in [-0.3, -0.25) is 9.59 Å². The molecule has 174 valence electrons. The predicted molar refractivity (Wildman–Crippen MR) is 136 cm³/mol. The Kier molecular flexibility index (Phi) is 7.45. The number of thioether (sulfide) groups is 1. The molecule has 0 unspecified atom stereocenters. The summed E-state index contributed by atoms with van der Waals surface area (Å²) in [6.07, 6.45) is 2.40. The summed E-state index contributed by atoms with van der Waals surface area (Å²) in [6.45, 7) is 0.456. The van der Waals surface area contributed by atoms with E-state index in [9.17, 15) is 9.59 Å². The number of fused-ring (bicyclic) bond motifs is 1. The number of halogens is 1. The molecular formula is C26H23ClN2O4S. The van der Waals surface area contributed by atoms with Gasteiger partial charge in [-0.05, 0) is 60.0 Å². The van der Waals surface area contributed by atoms with Crippen molar-refractivity contribution in [2.45, 2.75) is 11.3 Å². The van der Waals surface area contributed by atoms with Crippen LogP contribution in [-0.2, 0) is 11.2 Å². The van der Waals surface area contributed by atoms with E-state index < -0.39 is 0 Å². The van der Waals surface area contributed by atoms with Gasteiger partial charge in [-0.2, -0.15) is 0 Å². The molecular weight excluding hydrogens is 472 g/mol. The lowest BCUT2D eigenvalue weighted by Crippen LogP contribution is -2.26. The zero-order chi connectivity index (χ0) is 24.1. The molecule has 1 heterocycles. The molecule has 3 aromatic carbocycles. The standard InChI is InChI=1S/C26H23ClN2O4S/c1-32-21-9-7-16(13-22(21)33-2)11-12-28-25(30)18-8-10-23-20(14-18)29-26(31)24(34-23)15-17-5-3-4-6-19(17)27/h3-10,13-15H,11-12H2,1-2H3,(H,28,30)(H,29,31)/b24-15+. The Morgan fingerprint density at radius 1 is 1.06 bits per heavy atom. The van der Waals surface area contributed by atoms with Crippen molar-refractivity contribution < 1.29 is 19.1 Å². The van der Waals surface area contributed by atoms with E-state index in [1.165, 1.54) is 11.8 Å². The summed E-state index contributed by atoms with van der Waals surface area (Å²) < 4.78 is 10.6. The highest BCUT2D eigenvalue weighted by Gasteiger charge is 2.22. The maximum Gasteiger partial charge on any atom is 0.262 e. The predicted octanol–water partition coefficient (Wildman–Crippen LogP) is 5.42. The smallest absolute Gasteiger partial charge is 0.262 e. The fourth-order valence-electron chi connectivity index (χ4n) is 3.49. The van der Waals surface area contributed by atoms with Crippen LogP contribution in [0.4, 0.5) is 5.69 Å². The first-order valence-corrected chi connectivity index (χ1v) is 11.8. The third-order valence-corrected chi connectivity index (χ3v) is 6.72. The molecule has 0 bridgehead atoms. The van der Waals surface area contributed by atoms with Crippen LogP contribution < -0.4 is 20.1 Å². The number of benzene rings is 3. The quantitative estimate of drug-likeness (QED) is 0.429. The van der Waals surface area contributed by atoms with Crippen LogP contribution in [0.25, 0.3) is 6.08 Å². The van der Waals surface area contributed by atoms with Crippen LogP contribution >= 0.6 is 23.4 Å². The molecule has 0 atom stereocenters. The zero-order valence-corrected chi connectivity index (χ0v) is 20.3. The van der Waals surface area contributed by atoms with E-state index in [4.69, 9.17) is 21.1 Å². The van der Waals surface area contributed by atoms with Gasteiger partial charge in [0, 0.05) is 22.0 Å². The molecule has 0 spiro atoms. The molecule has 2 N–H and O–H groups in total. The Labute approximate surface area is 207 Å². The Morgan fingerprint density at radius 2 is 1.85 bits per heavy atom. The topological polar surface area (TPSA) is 76.7 Å². The maximum atomic E-state index is 12.7. The first-order chi connectivity index (χ1) is 16.5. The lowest BCUT2D eigenvalue weighted by atomic mass is 10.1. The van der Waals surface area contributed by atoms with Gasteiger partial charge in [-0.1, -0.05) is 47.6 Å². The van der Waals surface area contributed by atoms with E-state index in [1.807, 2.05) is 42.5 Å². The average molecular weight is 495 g/mol. The van der Waals surface area contributed by atoms with Crippen LogP contribution in [0, 0.1) is 0 Å². The zero-order valence-electron chi connectivity index (χ0n) is 18.7. The summed E-state index contributed by atoms with van der Waals surface area (Å²) >= 11 is 7.56. The summed E-state index contributed by atoms with van der Waals surface area (Å²) in [5.74, 6) is 0.870. The molecule has 0 saturated carbocycles. The lowest BCUT2D eigenvalue weighted by molar-refractivity contribution is -0.112. The van der Waals surface area contributed by atoms with Crippen LogP contribution in [0.15, 0.2) is 70.5 Å². The van der Waals surface area contributed by atoms with E-state index in [-0.39, 0.29) is 11.8 Å². The van der Waals surface area contributed by atoms with Crippen molar-refractivity contribution in [3.8, 4) is 11.5 Å². The van der Waals surface area contributed by atoms with Crippen molar-refractivity contribution in [3.05, 3.63) is 87.3 Å². The molecule has 0 saturated heterocycles. The Balaban J connectivity index is 1.40.